The number of hydrogen-bond acceptors (Lipinski definition) is 3. The van der Waals surface area contributed by atoms with Crippen molar-refractivity contribution < 1.29 is 13.7 Å². The summed E-state index contributed by atoms with van der Waals surface area (Å²) in [4.78, 5) is 0. The molecule has 0 amide bonds. The highest BCUT2D eigenvalue weighted by Crippen LogP contribution is 2.66. The second kappa shape index (κ2) is 5.98. The molecule has 0 radical (unpaired) electrons. The minimum atomic E-state index is -0.337. The fraction of sp³-hybridized carbons (Fsp3) is 0.667. The summed E-state index contributed by atoms with van der Waals surface area (Å²) < 4.78 is 26.0. The molecule has 2 bridgehead atoms. The second-order valence-corrected chi connectivity index (χ2v) is 8.23. The van der Waals surface area contributed by atoms with Crippen molar-refractivity contribution in [3.05, 3.63) is 35.6 Å². The van der Waals surface area contributed by atoms with Gasteiger partial charge in [0.25, 0.3) is 0 Å². The number of rotatable bonds is 3. The first kappa shape index (κ1) is 18.2. The van der Waals surface area contributed by atoms with Crippen LogP contribution in [0.25, 0.3) is 0 Å². The zero-order valence-corrected chi connectivity index (χ0v) is 15.3. The van der Waals surface area contributed by atoms with Crippen LogP contribution in [0.2, 0.25) is 0 Å². The van der Waals surface area contributed by atoms with Gasteiger partial charge in [-0.15, -0.1) is 12.4 Å². The van der Waals surface area contributed by atoms with Gasteiger partial charge < -0.3 is 15.0 Å². The van der Waals surface area contributed by atoms with Crippen LogP contribution in [0.1, 0.15) is 45.0 Å². The highest BCUT2D eigenvalue weighted by Gasteiger charge is 2.68. The van der Waals surface area contributed by atoms with E-state index in [2.05, 4.69) is 20.8 Å². The van der Waals surface area contributed by atoms with Crippen LogP contribution >= 0.6 is 12.4 Å². The van der Waals surface area contributed by atoms with Crippen molar-refractivity contribution in [3.63, 3.8) is 0 Å². The van der Waals surface area contributed by atoms with E-state index in [9.17, 15) is 4.39 Å². The number of benzene rings is 1. The number of halogens is 2. The average molecular weight is 354 g/mol. The van der Waals surface area contributed by atoms with Crippen LogP contribution in [0.15, 0.2) is 24.3 Å². The standard InChI is InChI=1S/C18H25BFNO2.ClH/c1-17(2)12-8-15(17)18(3)16(9-12)22-19(23-18)14(10-21)11-4-6-13(20)7-5-11;/h4-7,12,14-16H,8-10,21H2,1-3H3;1H/t12-,14-,15-,16+,18-;/m0./s1. The largest absolute Gasteiger partial charge is 0.466 e. The molecule has 132 valence electrons. The molecule has 3 saturated carbocycles. The Morgan fingerprint density at radius 1 is 1.25 bits per heavy atom. The minimum absolute atomic E-state index is 0. The lowest BCUT2D eigenvalue weighted by Crippen LogP contribution is -2.65. The average Bonchev–Trinajstić information content (AvgIpc) is 2.86. The van der Waals surface area contributed by atoms with E-state index in [4.69, 9.17) is 15.0 Å². The molecule has 4 fully saturated rings. The van der Waals surface area contributed by atoms with Crippen molar-refractivity contribution in [1.82, 2.24) is 0 Å². The molecule has 3 aliphatic carbocycles. The second-order valence-electron chi connectivity index (χ2n) is 8.23. The summed E-state index contributed by atoms with van der Waals surface area (Å²) in [5.41, 5.74) is 7.08. The number of hydrogen-bond donors (Lipinski definition) is 1. The molecule has 24 heavy (non-hydrogen) atoms. The van der Waals surface area contributed by atoms with Crippen LogP contribution in [0, 0.1) is 23.1 Å². The highest BCUT2D eigenvalue weighted by molar-refractivity contribution is 6.47. The topological polar surface area (TPSA) is 44.5 Å². The third-order valence-corrected chi connectivity index (χ3v) is 6.85. The van der Waals surface area contributed by atoms with Crippen molar-refractivity contribution in [2.24, 2.45) is 23.0 Å². The molecule has 5 rings (SSSR count). The third-order valence-electron chi connectivity index (χ3n) is 6.85. The maximum absolute atomic E-state index is 13.2. The van der Waals surface area contributed by atoms with E-state index in [0.29, 0.717) is 17.9 Å². The van der Waals surface area contributed by atoms with Crippen LogP contribution < -0.4 is 5.73 Å². The Hall–Kier alpha value is -0.615. The fourth-order valence-corrected chi connectivity index (χ4v) is 5.19. The van der Waals surface area contributed by atoms with E-state index >= 15 is 0 Å². The van der Waals surface area contributed by atoms with Gasteiger partial charge in [-0.1, -0.05) is 26.0 Å². The zero-order valence-electron chi connectivity index (χ0n) is 14.5. The van der Waals surface area contributed by atoms with Gasteiger partial charge in [0.1, 0.15) is 5.82 Å². The van der Waals surface area contributed by atoms with Gasteiger partial charge in [-0.05, 0) is 61.3 Å². The van der Waals surface area contributed by atoms with Gasteiger partial charge in [-0.3, -0.25) is 0 Å². The monoisotopic (exact) mass is 353 g/mol. The van der Waals surface area contributed by atoms with Crippen LogP contribution in [0.4, 0.5) is 4.39 Å². The molecule has 0 spiro atoms. The summed E-state index contributed by atoms with van der Waals surface area (Å²) >= 11 is 0. The molecule has 1 aromatic carbocycles. The van der Waals surface area contributed by atoms with Gasteiger partial charge in [0.2, 0.25) is 0 Å². The third kappa shape index (κ3) is 2.44. The lowest BCUT2D eigenvalue weighted by atomic mass is 9.43. The van der Waals surface area contributed by atoms with Crippen molar-refractivity contribution in [1.29, 1.82) is 0 Å². The Kier molecular flexibility index (Phi) is 4.53. The first-order chi connectivity index (χ1) is 10.9. The lowest BCUT2D eigenvalue weighted by molar-refractivity contribution is -0.199. The first-order valence-corrected chi connectivity index (χ1v) is 8.65. The molecule has 3 nitrogen and oxygen atoms in total. The summed E-state index contributed by atoms with van der Waals surface area (Å²) in [6.45, 7) is 7.34. The molecular weight excluding hydrogens is 327 g/mol. The summed E-state index contributed by atoms with van der Waals surface area (Å²) in [5, 5.41) is 0. The van der Waals surface area contributed by atoms with Crippen molar-refractivity contribution in [2.75, 3.05) is 6.54 Å². The fourth-order valence-electron chi connectivity index (χ4n) is 5.19. The molecule has 2 N–H and O–H groups in total. The Morgan fingerprint density at radius 3 is 2.50 bits per heavy atom. The summed E-state index contributed by atoms with van der Waals surface area (Å²) in [5.74, 6) is 0.977. The van der Waals surface area contributed by atoms with Crippen LogP contribution in [0.3, 0.4) is 0 Å². The Balaban J connectivity index is 0.00000169. The van der Waals surface area contributed by atoms with Gasteiger partial charge >= 0.3 is 7.12 Å². The van der Waals surface area contributed by atoms with Crippen molar-refractivity contribution in [3.8, 4) is 0 Å². The minimum Gasteiger partial charge on any atom is -0.405 e. The Morgan fingerprint density at radius 2 is 1.92 bits per heavy atom. The number of nitrogens with two attached hydrogens (primary N) is 1. The van der Waals surface area contributed by atoms with Crippen LogP contribution in [0.5, 0.6) is 0 Å². The van der Waals surface area contributed by atoms with E-state index < -0.39 is 0 Å². The molecule has 1 heterocycles. The molecule has 6 heteroatoms. The molecule has 0 aromatic heterocycles. The van der Waals surface area contributed by atoms with E-state index in [1.807, 2.05) is 0 Å². The van der Waals surface area contributed by atoms with Crippen molar-refractivity contribution >= 4 is 19.5 Å². The molecule has 0 unspecified atom stereocenters. The maximum atomic E-state index is 13.2. The zero-order chi connectivity index (χ0) is 16.4. The van der Waals surface area contributed by atoms with Crippen LogP contribution in [-0.2, 0) is 9.31 Å². The summed E-state index contributed by atoms with van der Waals surface area (Å²) in [7, 11) is -0.337. The quantitative estimate of drug-likeness (QED) is 0.845. The highest BCUT2D eigenvalue weighted by atomic mass is 35.5. The van der Waals surface area contributed by atoms with Gasteiger partial charge in [0.05, 0.1) is 11.7 Å². The first-order valence-electron chi connectivity index (χ1n) is 8.65. The molecule has 1 aliphatic heterocycles. The van der Waals surface area contributed by atoms with Gasteiger partial charge in [-0.25, -0.2) is 4.39 Å². The SMILES string of the molecule is CC1(C)[C@@H]2C[C@H]3OB([C@@H](CN)c4ccc(F)cc4)O[C@@]3(C)[C@H]1C2.Cl. The Bertz CT molecular complexity index is 614. The molecule has 5 atom stereocenters. The van der Waals surface area contributed by atoms with Gasteiger partial charge in [0.15, 0.2) is 0 Å². The normalized spacial score (nSPS) is 37.2. The predicted molar refractivity (Wildman–Crippen MR) is 95.6 cm³/mol. The predicted octanol–water partition coefficient (Wildman–Crippen LogP) is 3.56. The van der Waals surface area contributed by atoms with E-state index in [1.165, 1.54) is 18.6 Å². The van der Waals surface area contributed by atoms with Gasteiger partial charge in [0, 0.05) is 5.82 Å². The van der Waals surface area contributed by atoms with E-state index in [0.717, 1.165) is 17.9 Å². The Labute approximate surface area is 150 Å². The summed E-state index contributed by atoms with van der Waals surface area (Å²) in [6.07, 6.45) is 2.45. The van der Waals surface area contributed by atoms with Gasteiger partial charge in [-0.2, -0.15) is 0 Å². The molecular formula is C18H26BClFNO2. The van der Waals surface area contributed by atoms with E-state index in [-0.39, 0.29) is 42.9 Å². The lowest BCUT2D eigenvalue weighted by Gasteiger charge is -2.64. The maximum Gasteiger partial charge on any atom is 0.466 e. The summed E-state index contributed by atoms with van der Waals surface area (Å²) in [6, 6.07) is 6.52. The van der Waals surface area contributed by atoms with Crippen LogP contribution in [-0.4, -0.2) is 25.4 Å². The smallest absolute Gasteiger partial charge is 0.405 e. The van der Waals surface area contributed by atoms with Crippen molar-refractivity contribution in [2.45, 2.75) is 51.1 Å². The molecule has 1 saturated heterocycles. The van der Waals surface area contributed by atoms with E-state index in [1.54, 1.807) is 12.1 Å². The molecule has 1 aromatic rings. The molecule has 4 aliphatic rings.